The molecular formula is C38H51BrN14. The Bertz CT molecular complexity index is 2080. The van der Waals surface area contributed by atoms with Crippen LogP contribution in [0.4, 0.5) is 17.6 Å². The van der Waals surface area contributed by atoms with Crippen LogP contribution >= 0.6 is 15.9 Å². The van der Waals surface area contributed by atoms with Gasteiger partial charge < -0.3 is 43.1 Å². The number of pyridine rings is 2. The van der Waals surface area contributed by atoms with Gasteiger partial charge >= 0.3 is 0 Å². The first-order valence-electron chi connectivity index (χ1n) is 18.6. The Balaban J connectivity index is 0.000000155. The molecule has 8 rings (SSSR count). The molecule has 0 bridgehead atoms. The lowest BCUT2D eigenvalue weighted by atomic mass is 9.98. The lowest BCUT2D eigenvalue weighted by molar-refractivity contribution is 0.382. The minimum Gasteiger partial charge on any atom is -0.384 e. The molecule has 0 unspecified atom stereocenters. The fourth-order valence-electron chi connectivity index (χ4n) is 6.64. The van der Waals surface area contributed by atoms with E-state index in [0.717, 1.165) is 111 Å². The van der Waals surface area contributed by atoms with E-state index in [1.165, 1.54) is 38.8 Å². The molecule has 0 saturated carbocycles. The van der Waals surface area contributed by atoms with Crippen LogP contribution in [0.5, 0.6) is 0 Å². The Morgan fingerprint density at radius 1 is 0.698 bits per heavy atom. The van der Waals surface area contributed by atoms with Crippen LogP contribution in [0.3, 0.4) is 0 Å². The van der Waals surface area contributed by atoms with Crippen molar-refractivity contribution in [1.82, 2.24) is 50.5 Å². The fourth-order valence-corrected chi connectivity index (χ4v) is 6.97. The van der Waals surface area contributed by atoms with Crippen LogP contribution in [-0.4, -0.2) is 79.1 Å². The van der Waals surface area contributed by atoms with Crippen molar-refractivity contribution < 1.29 is 0 Å². The number of aryl methyl sites for hydroxylation is 2. The van der Waals surface area contributed by atoms with Crippen LogP contribution in [0.15, 0.2) is 53.5 Å². The van der Waals surface area contributed by atoms with E-state index in [-0.39, 0.29) is 0 Å². The van der Waals surface area contributed by atoms with Crippen molar-refractivity contribution in [2.45, 2.75) is 52.4 Å². The van der Waals surface area contributed by atoms with Crippen LogP contribution in [-0.2, 0) is 12.8 Å². The van der Waals surface area contributed by atoms with Gasteiger partial charge in [0.25, 0.3) is 0 Å². The summed E-state index contributed by atoms with van der Waals surface area (Å²) in [7, 11) is 0. The van der Waals surface area contributed by atoms with E-state index in [2.05, 4.69) is 84.7 Å². The van der Waals surface area contributed by atoms with Gasteiger partial charge in [-0.05, 0) is 123 Å². The molecule has 0 atom stereocenters. The Morgan fingerprint density at radius 2 is 1.21 bits per heavy atom. The average molecular weight is 784 g/mol. The zero-order valence-corrected chi connectivity index (χ0v) is 32.1. The van der Waals surface area contributed by atoms with Gasteiger partial charge in [-0.2, -0.15) is 0 Å². The van der Waals surface area contributed by atoms with Crippen LogP contribution in [0, 0.1) is 11.8 Å². The molecule has 0 spiro atoms. The number of nitrogen functional groups attached to an aromatic ring is 2. The van der Waals surface area contributed by atoms with Gasteiger partial charge in [0, 0.05) is 62.9 Å². The summed E-state index contributed by atoms with van der Waals surface area (Å²) in [4.78, 5) is 32.4. The van der Waals surface area contributed by atoms with E-state index in [0.29, 0.717) is 17.8 Å². The van der Waals surface area contributed by atoms with Crippen molar-refractivity contribution >= 4 is 55.6 Å². The van der Waals surface area contributed by atoms with Crippen LogP contribution in [0.2, 0.25) is 0 Å². The van der Waals surface area contributed by atoms with Gasteiger partial charge in [-0.1, -0.05) is 13.8 Å². The molecule has 0 aliphatic carbocycles. The number of H-pyrrole nitrogens is 2. The number of fused-ring (bicyclic) bond motifs is 2. The fraction of sp³-hybridized carbons (Fsp3) is 0.421. The highest BCUT2D eigenvalue weighted by Gasteiger charge is 2.15. The van der Waals surface area contributed by atoms with Gasteiger partial charge in [-0.25, -0.2) is 29.9 Å². The monoisotopic (exact) mass is 782 g/mol. The molecule has 8 heterocycles. The Kier molecular flexibility index (Phi) is 13.2. The van der Waals surface area contributed by atoms with Gasteiger partial charge in [0.1, 0.15) is 11.3 Å². The first kappa shape index (κ1) is 38.0. The number of rotatable bonds is 8. The third kappa shape index (κ3) is 10.0. The summed E-state index contributed by atoms with van der Waals surface area (Å²) in [6.45, 7) is 10.5. The zero-order valence-electron chi connectivity index (χ0n) is 30.6. The molecule has 280 valence electrons. The molecular weight excluding hydrogens is 732 g/mol. The molecule has 14 nitrogen and oxygen atoms in total. The molecule has 53 heavy (non-hydrogen) atoms. The molecule has 6 aromatic rings. The number of nitrogens with one attached hydrogen (secondary N) is 5. The van der Waals surface area contributed by atoms with Crippen molar-refractivity contribution in [1.29, 1.82) is 0 Å². The molecule has 0 amide bonds. The maximum Gasteiger partial charge on any atom is 0.220 e. The predicted molar refractivity (Wildman–Crippen MR) is 218 cm³/mol. The number of piperidine rings is 2. The van der Waals surface area contributed by atoms with E-state index >= 15 is 0 Å². The third-order valence-electron chi connectivity index (χ3n) is 9.74. The maximum atomic E-state index is 5.88. The van der Waals surface area contributed by atoms with E-state index in [1.807, 2.05) is 43.7 Å². The summed E-state index contributed by atoms with van der Waals surface area (Å²) in [6.07, 6.45) is 14.1. The van der Waals surface area contributed by atoms with Crippen molar-refractivity contribution in [3.8, 4) is 22.5 Å². The highest BCUT2D eigenvalue weighted by molar-refractivity contribution is 9.10. The van der Waals surface area contributed by atoms with Crippen LogP contribution in [0.1, 0.15) is 50.9 Å². The molecule has 0 aromatic carbocycles. The highest BCUT2D eigenvalue weighted by atomic mass is 79.9. The SMILES string of the molecule is CCc1cc(-c2c[nH]c3ncc(Br)cc23)nc(N)n1.CCc1cc(-c2c[nH]c3ncc(NCC4CCNCC4)cc23)nc(N)n1.NCC1CCNCC1. The molecule has 2 aliphatic heterocycles. The van der Waals surface area contributed by atoms with Gasteiger partial charge in [-0.15, -0.1) is 0 Å². The molecule has 2 aliphatic rings. The first-order valence-corrected chi connectivity index (χ1v) is 19.4. The van der Waals surface area contributed by atoms with Gasteiger partial charge in [0.05, 0.1) is 23.3 Å². The summed E-state index contributed by atoms with van der Waals surface area (Å²) in [5.74, 6) is 2.12. The van der Waals surface area contributed by atoms with Crippen LogP contribution in [0.25, 0.3) is 44.6 Å². The lowest BCUT2D eigenvalue weighted by Crippen LogP contribution is -2.31. The van der Waals surface area contributed by atoms with Gasteiger partial charge in [0.15, 0.2) is 0 Å². The summed E-state index contributed by atoms with van der Waals surface area (Å²) < 4.78 is 0.929. The smallest absolute Gasteiger partial charge is 0.220 e. The van der Waals surface area contributed by atoms with Crippen molar-refractivity contribution in [3.05, 3.63) is 64.9 Å². The number of aromatic nitrogens is 8. The maximum absolute atomic E-state index is 5.88. The van der Waals surface area contributed by atoms with Crippen molar-refractivity contribution in [2.75, 3.05) is 56.1 Å². The second-order valence-corrected chi connectivity index (χ2v) is 14.4. The number of hydrogen-bond acceptors (Lipinski definition) is 12. The topological polar surface area (TPSA) is 223 Å². The standard InChI is InChI=1S/C19H25N7.C13H12BrN5.C6H14N2/c1-2-13-8-17(26-19(20)25-13)16-11-24-18-15(16)7-14(10-23-18)22-9-12-3-5-21-6-4-12;1-2-8-4-11(19-13(15)18-8)10-6-17-12-9(10)3-7(14)5-16-12;7-5-6-1-3-8-4-2-6/h7-8,10-12,21-22H,2-6,9H2,1H3,(H,23,24)(H2,20,25,26);3-6H,2H2,1H3,(H,16,17)(H2,15,18,19);6,8H,1-5,7H2. The molecule has 2 saturated heterocycles. The molecule has 6 aromatic heterocycles. The number of aromatic amines is 2. The Hall–Kier alpha value is -4.70. The second kappa shape index (κ2) is 18.4. The number of nitrogens with zero attached hydrogens (tertiary/aromatic N) is 6. The second-order valence-electron chi connectivity index (χ2n) is 13.5. The quantitative estimate of drug-likeness (QED) is 0.0966. The highest BCUT2D eigenvalue weighted by Crippen LogP contribution is 2.30. The molecule has 11 N–H and O–H groups in total. The predicted octanol–water partition coefficient (Wildman–Crippen LogP) is 5.45. The number of halogens is 1. The lowest BCUT2D eigenvalue weighted by Gasteiger charge is -2.23. The molecule has 2 fully saturated rings. The van der Waals surface area contributed by atoms with Crippen molar-refractivity contribution in [2.24, 2.45) is 17.6 Å². The minimum atomic E-state index is 0.298. The number of hydrogen-bond donors (Lipinski definition) is 8. The van der Waals surface area contributed by atoms with Gasteiger partial charge in [0.2, 0.25) is 11.9 Å². The van der Waals surface area contributed by atoms with Gasteiger partial charge in [-0.3, -0.25) is 0 Å². The average Bonchev–Trinajstić information content (AvgIpc) is 3.82. The summed E-state index contributed by atoms with van der Waals surface area (Å²) >= 11 is 3.43. The van der Waals surface area contributed by atoms with E-state index in [1.54, 1.807) is 6.20 Å². The zero-order chi connectivity index (χ0) is 37.2. The van der Waals surface area contributed by atoms with Crippen LogP contribution < -0.4 is 33.2 Å². The Labute approximate surface area is 318 Å². The molecule has 0 radical (unpaired) electrons. The summed E-state index contributed by atoms with van der Waals surface area (Å²) in [6, 6.07) is 8.10. The normalized spacial score (nSPS) is 15.1. The Morgan fingerprint density at radius 3 is 1.72 bits per heavy atom. The van der Waals surface area contributed by atoms with Crippen molar-refractivity contribution in [3.63, 3.8) is 0 Å². The van der Waals surface area contributed by atoms with E-state index in [4.69, 9.17) is 17.2 Å². The molecule has 15 heteroatoms. The summed E-state index contributed by atoms with van der Waals surface area (Å²) in [5, 5.41) is 12.3. The van der Waals surface area contributed by atoms with E-state index in [9.17, 15) is 0 Å². The minimum absolute atomic E-state index is 0.298. The number of anilines is 3. The third-order valence-corrected chi connectivity index (χ3v) is 10.2. The first-order chi connectivity index (χ1) is 25.8. The number of nitrogens with two attached hydrogens (primary N) is 3. The van der Waals surface area contributed by atoms with E-state index < -0.39 is 0 Å². The largest absolute Gasteiger partial charge is 0.384 e. The summed E-state index contributed by atoms with van der Waals surface area (Å²) in [5.41, 5.74) is 25.3.